The van der Waals surface area contributed by atoms with Crippen LogP contribution in [0.3, 0.4) is 0 Å². The van der Waals surface area contributed by atoms with Crippen LogP contribution in [0.2, 0.25) is 0 Å². The zero-order valence-electron chi connectivity index (χ0n) is 15.9. The molecule has 0 aliphatic carbocycles. The Hall–Kier alpha value is -2.14. The van der Waals surface area contributed by atoms with Crippen molar-refractivity contribution in [2.45, 2.75) is 24.7 Å². The van der Waals surface area contributed by atoms with Gasteiger partial charge in [0.2, 0.25) is 0 Å². The molecule has 2 aromatic carbocycles. The number of phenols is 1. The van der Waals surface area contributed by atoms with Crippen LogP contribution in [-0.4, -0.2) is 60.4 Å². The molecule has 1 saturated heterocycles. The standard InChI is InChI=1S/C21H25O6P/c1-28(2,25)13-19-21(24)17(10-11-26-19)27-18-12-15(8-9-16(18)22)20(23)14-6-4-3-5-7-14/h3-9,12,17,19,21-22,24H,10-11,13H2,1-2H3/t17?,19?,21-/m0/s1. The van der Waals surface area contributed by atoms with E-state index >= 15 is 0 Å². The van der Waals surface area contributed by atoms with E-state index in [1.807, 2.05) is 6.07 Å². The summed E-state index contributed by atoms with van der Waals surface area (Å²) >= 11 is 0. The van der Waals surface area contributed by atoms with Crippen molar-refractivity contribution < 1.29 is 29.0 Å². The first-order valence-corrected chi connectivity index (χ1v) is 12.0. The van der Waals surface area contributed by atoms with Crippen molar-refractivity contribution in [1.29, 1.82) is 0 Å². The number of aromatic hydroxyl groups is 1. The Morgan fingerprint density at radius 2 is 1.89 bits per heavy atom. The molecule has 1 aliphatic heterocycles. The molecule has 6 nitrogen and oxygen atoms in total. The van der Waals surface area contributed by atoms with Gasteiger partial charge in [-0.1, -0.05) is 30.3 Å². The molecule has 3 atom stereocenters. The molecule has 3 rings (SSSR count). The Labute approximate surface area is 164 Å². The highest BCUT2D eigenvalue weighted by atomic mass is 31.2. The van der Waals surface area contributed by atoms with Gasteiger partial charge in [-0.15, -0.1) is 0 Å². The number of carbonyl (C=O) groups is 1. The predicted molar refractivity (Wildman–Crippen MR) is 107 cm³/mol. The van der Waals surface area contributed by atoms with E-state index in [4.69, 9.17) is 9.47 Å². The van der Waals surface area contributed by atoms with Crippen LogP contribution in [0.5, 0.6) is 11.5 Å². The lowest BCUT2D eigenvalue weighted by Crippen LogP contribution is -2.48. The maximum atomic E-state index is 12.6. The third-order valence-electron chi connectivity index (χ3n) is 4.65. The van der Waals surface area contributed by atoms with E-state index in [1.165, 1.54) is 18.2 Å². The fourth-order valence-electron chi connectivity index (χ4n) is 3.24. The summed E-state index contributed by atoms with van der Waals surface area (Å²) in [5.74, 6) is -0.173. The molecule has 0 radical (unpaired) electrons. The average molecular weight is 404 g/mol. The number of aliphatic hydroxyl groups is 1. The van der Waals surface area contributed by atoms with E-state index in [-0.39, 0.29) is 23.4 Å². The van der Waals surface area contributed by atoms with Crippen LogP contribution >= 0.6 is 7.14 Å². The van der Waals surface area contributed by atoms with E-state index in [2.05, 4.69) is 0 Å². The van der Waals surface area contributed by atoms with Gasteiger partial charge < -0.3 is 24.3 Å². The summed E-state index contributed by atoms with van der Waals surface area (Å²) in [6.07, 6.45) is -1.51. The molecule has 1 fully saturated rings. The second-order valence-electron chi connectivity index (χ2n) is 7.48. The van der Waals surface area contributed by atoms with Gasteiger partial charge in [-0.3, -0.25) is 4.79 Å². The average Bonchev–Trinajstić information content (AvgIpc) is 2.66. The fraction of sp³-hybridized carbons (Fsp3) is 0.381. The summed E-state index contributed by atoms with van der Waals surface area (Å²) in [4.78, 5) is 12.6. The number of phenolic OH excluding ortho intramolecular Hbond substituents is 1. The minimum atomic E-state index is -2.38. The van der Waals surface area contributed by atoms with Gasteiger partial charge in [0.15, 0.2) is 17.3 Å². The molecular weight excluding hydrogens is 379 g/mol. The van der Waals surface area contributed by atoms with Crippen molar-refractivity contribution in [3.8, 4) is 11.5 Å². The van der Waals surface area contributed by atoms with Crippen LogP contribution in [-0.2, 0) is 9.30 Å². The number of hydrogen-bond donors (Lipinski definition) is 2. The van der Waals surface area contributed by atoms with Crippen LogP contribution in [0.4, 0.5) is 0 Å². The molecule has 28 heavy (non-hydrogen) atoms. The molecule has 1 heterocycles. The Morgan fingerprint density at radius 1 is 1.18 bits per heavy atom. The molecule has 2 unspecified atom stereocenters. The van der Waals surface area contributed by atoms with Crippen LogP contribution in [0.1, 0.15) is 22.3 Å². The van der Waals surface area contributed by atoms with Gasteiger partial charge in [0.05, 0.1) is 19.9 Å². The second kappa shape index (κ2) is 8.48. The minimum absolute atomic E-state index is 0.114. The van der Waals surface area contributed by atoms with Crippen molar-refractivity contribution in [3.05, 3.63) is 59.7 Å². The molecular formula is C21H25O6P. The number of ether oxygens (including phenoxy) is 2. The van der Waals surface area contributed by atoms with Gasteiger partial charge in [0.1, 0.15) is 12.2 Å². The Morgan fingerprint density at radius 3 is 2.57 bits per heavy atom. The number of rotatable bonds is 6. The molecule has 0 bridgehead atoms. The van der Waals surface area contributed by atoms with Gasteiger partial charge in [0, 0.05) is 23.7 Å². The van der Waals surface area contributed by atoms with E-state index in [1.54, 1.807) is 37.6 Å². The van der Waals surface area contributed by atoms with Crippen LogP contribution in [0, 0.1) is 0 Å². The van der Waals surface area contributed by atoms with Crippen molar-refractivity contribution in [1.82, 2.24) is 0 Å². The summed E-state index contributed by atoms with van der Waals surface area (Å²) in [6, 6.07) is 13.2. The topological polar surface area (TPSA) is 93.1 Å². The van der Waals surface area contributed by atoms with E-state index in [9.17, 15) is 19.6 Å². The van der Waals surface area contributed by atoms with E-state index < -0.39 is 25.5 Å². The van der Waals surface area contributed by atoms with Crippen molar-refractivity contribution >= 4 is 12.9 Å². The third-order valence-corrected chi connectivity index (χ3v) is 5.89. The molecule has 0 saturated carbocycles. The van der Waals surface area contributed by atoms with Crippen LogP contribution in [0.25, 0.3) is 0 Å². The Balaban J connectivity index is 1.78. The maximum absolute atomic E-state index is 12.6. The number of carbonyl (C=O) groups excluding carboxylic acids is 1. The predicted octanol–water partition coefficient (Wildman–Crippen LogP) is 3.14. The fourth-order valence-corrected chi connectivity index (χ4v) is 4.42. The Bertz CT molecular complexity index is 876. The monoisotopic (exact) mass is 404 g/mol. The zero-order chi connectivity index (χ0) is 20.3. The van der Waals surface area contributed by atoms with Crippen molar-refractivity contribution in [2.75, 3.05) is 26.1 Å². The lowest BCUT2D eigenvalue weighted by atomic mass is 10.0. The molecule has 0 amide bonds. The minimum Gasteiger partial charge on any atom is -0.504 e. The molecule has 1 aliphatic rings. The summed E-state index contributed by atoms with van der Waals surface area (Å²) in [5, 5.41) is 20.7. The highest BCUT2D eigenvalue weighted by Gasteiger charge is 2.36. The van der Waals surface area contributed by atoms with Crippen LogP contribution < -0.4 is 4.74 Å². The molecule has 150 valence electrons. The number of ketones is 1. The SMILES string of the molecule is CP(C)(=O)CC1OCCC(Oc2cc(C(=O)c3ccccc3)ccc2O)[C@@H]1O. The highest BCUT2D eigenvalue weighted by Crippen LogP contribution is 2.39. The van der Waals surface area contributed by atoms with Gasteiger partial charge in [-0.25, -0.2) is 0 Å². The summed E-state index contributed by atoms with van der Waals surface area (Å²) in [5.41, 5.74) is 0.913. The van der Waals surface area contributed by atoms with Crippen molar-refractivity contribution in [2.24, 2.45) is 0 Å². The summed E-state index contributed by atoms with van der Waals surface area (Å²) in [6.45, 7) is 3.66. The molecule has 0 spiro atoms. The van der Waals surface area contributed by atoms with Crippen LogP contribution in [0.15, 0.2) is 48.5 Å². The van der Waals surface area contributed by atoms with Gasteiger partial charge in [0.25, 0.3) is 0 Å². The number of aliphatic hydroxyl groups excluding tert-OH is 1. The first kappa shape index (κ1) is 20.6. The van der Waals surface area contributed by atoms with Crippen molar-refractivity contribution in [3.63, 3.8) is 0 Å². The highest BCUT2D eigenvalue weighted by molar-refractivity contribution is 7.62. The third kappa shape index (κ3) is 5.02. The van der Waals surface area contributed by atoms with E-state index in [0.717, 1.165) is 0 Å². The zero-order valence-corrected chi connectivity index (χ0v) is 16.8. The normalized spacial score (nSPS) is 22.6. The molecule has 7 heteroatoms. The molecule has 2 aromatic rings. The lowest BCUT2D eigenvalue weighted by Gasteiger charge is -2.35. The smallest absolute Gasteiger partial charge is 0.193 e. The largest absolute Gasteiger partial charge is 0.504 e. The number of benzene rings is 2. The first-order chi connectivity index (χ1) is 13.2. The van der Waals surface area contributed by atoms with Gasteiger partial charge in [-0.05, 0) is 31.5 Å². The maximum Gasteiger partial charge on any atom is 0.193 e. The van der Waals surface area contributed by atoms with Gasteiger partial charge >= 0.3 is 0 Å². The quantitative estimate of drug-likeness (QED) is 0.568. The second-order valence-corrected chi connectivity index (χ2v) is 11.0. The first-order valence-electron chi connectivity index (χ1n) is 9.18. The Kier molecular flexibility index (Phi) is 6.23. The number of hydrogen-bond acceptors (Lipinski definition) is 6. The summed E-state index contributed by atoms with van der Waals surface area (Å²) < 4.78 is 23.5. The van der Waals surface area contributed by atoms with Gasteiger partial charge in [-0.2, -0.15) is 0 Å². The summed E-state index contributed by atoms with van der Waals surface area (Å²) in [7, 11) is -2.38. The molecule has 0 aromatic heterocycles. The molecule has 2 N–H and O–H groups in total. The lowest BCUT2D eigenvalue weighted by molar-refractivity contribution is -0.117. The van der Waals surface area contributed by atoms with E-state index in [0.29, 0.717) is 24.2 Å².